The molecule has 1 aromatic carbocycles. The number of carboxylic acid groups (broad SMARTS) is 1. The van der Waals surface area contributed by atoms with E-state index in [1.165, 1.54) is 18.4 Å². The molecule has 2 N–H and O–H groups in total. The molecule has 0 bridgehead atoms. The van der Waals surface area contributed by atoms with Gasteiger partial charge in [0.15, 0.2) is 0 Å². The highest BCUT2D eigenvalue weighted by Crippen LogP contribution is 2.27. The summed E-state index contributed by atoms with van der Waals surface area (Å²) in [7, 11) is 0. The Kier molecular flexibility index (Phi) is 3.09. The maximum absolute atomic E-state index is 10.8. The Bertz CT molecular complexity index is 490. The molecule has 5 heteroatoms. The zero-order chi connectivity index (χ0) is 12.3. The number of aromatic hydroxyl groups is 1. The second-order valence-electron chi connectivity index (χ2n) is 3.67. The number of benzene rings is 1. The lowest BCUT2D eigenvalue weighted by Crippen LogP contribution is -2.08. The van der Waals surface area contributed by atoms with E-state index in [-0.39, 0.29) is 18.1 Å². The number of aliphatic carboxylic acids is 1. The van der Waals surface area contributed by atoms with Gasteiger partial charge in [-0.3, -0.25) is 4.79 Å². The summed E-state index contributed by atoms with van der Waals surface area (Å²) < 4.78 is 4.73. The smallest absolute Gasteiger partial charge is 0.304 e. The molecule has 17 heavy (non-hydrogen) atoms. The van der Waals surface area contributed by atoms with Crippen LogP contribution in [0.3, 0.4) is 0 Å². The first kappa shape index (κ1) is 11.2. The fourth-order valence-electron chi connectivity index (χ4n) is 1.68. The Morgan fingerprint density at radius 2 is 2.00 bits per heavy atom. The van der Waals surface area contributed by atoms with Crippen molar-refractivity contribution >= 4 is 5.97 Å². The number of hydrogen-bond donors (Lipinski definition) is 2. The minimum absolute atomic E-state index is 0.0721. The van der Waals surface area contributed by atoms with Crippen LogP contribution < -0.4 is 0 Å². The lowest BCUT2D eigenvalue weighted by Gasteiger charge is -2.12. The third-order valence-corrected chi connectivity index (χ3v) is 2.49. The van der Waals surface area contributed by atoms with Crippen LogP contribution in [0.15, 0.2) is 41.1 Å². The molecule has 0 saturated heterocycles. The molecular formula is C12H11NO4. The molecule has 0 amide bonds. The highest BCUT2D eigenvalue weighted by molar-refractivity contribution is 5.68. The van der Waals surface area contributed by atoms with E-state index in [2.05, 4.69) is 5.16 Å². The van der Waals surface area contributed by atoms with Gasteiger partial charge in [0.25, 0.3) is 0 Å². The molecule has 2 aromatic rings. The van der Waals surface area contributed by atoms with Crippen molar-refractivity contribution in [2.45, 2.75) is 12.3 Å². The average molecular weight is 233 g/mol. The van der Waals surface area contributed by atoms with Crippen LogP contribution >= 0.6 is 0 Å². The van der Waals surface area contributed by atoms with Gasteiger partial charge in [-0.1, -0.05) is 17.3 Å². The van der Waals surface area contributed by atoms with Crippen molar-refractivity contribution in [2.24, 2.45) is 0 Å². The molecule has 0 aliphatic rings. The summed E-state index contributed by atoms with van der Waals surface area (Å²) in [6, 6.07) is 8.03. The molecule has 0 spiro atoms. The van der Waals surface area contributed by atoms with Crippen LogP contribution in [-0.4, -0.2) is 21.3 Å². The van der Waals surface area contributed by atoms with Crippen molar-refractivity contribution < 1.29 is 19.5 Å². The number of nitrogens with zero attached hydrogens (tertiary/aromatic N) is 1. The van der Waals surface area contributed by atoms with Gasteiger partial charge in [-0.15, -0.1) is 0 Å². The highest BCUT2D eigenvalue weighted by Gasteiger charge is 2.20. The third-order valence-electron chi connectivity index (χ3n) is 2.49. The molecule has 1 aromatic heterocycles. The van der Waals surface area contributed by atoms with E-state index in [4.69, 9.17) is 9.63 Å². The monoisotopic (exact) mass is 233 g/mol. The van der Waals surface area contributed by atoms with Crippen LogP contribution in [0, 0.1) is 0 Å². The Morgan fingerprint density at radius 3 is 2.53 bits per heavy atom. The van der Waals surface area contributed by atoms with Crippen LogP contribution in [0.1, 0.15) is 23.6 Å². The van der Waals surface area contributed by atoms with Crippen LogP contribution in [0.2, 0.25) is 0 Å². The van der Waals surface area contributed by atoms with Gasteiger partial charge in [0.05, 0.1) is 12.1 Å². The molecule has 0 fully saturated rings. The van der Waals surface area contributed by atoms with Crippen molar-refractivity contribution in [3.63, 3.8) is 0 Å². The minimum Gasteiger partial charge on any atom is -0.508 e. The van der Waals surface area contributed by atoms with Crippen molar-refractivity contribution in [3.8, 4) is 5.75 Å². The van der Waals surface area contributed by atoms with Gasteiger partial charge in [0, 0.05) is 12.0 Å². The Balaban J connectivity index is 2.33. The minimum atomic E-state index is -0.911. The van der Waals surface area contributed by atoms with E-state index in [0.717, 1.165) is 5.56 Å². The molecule has 5 nitrogen and oxygen atoms in total. The zero-order valence-electron chi connectivity index (χ0n) is 8.91. The van der Waals surface area contributed by atoms with E-state index in [9.17, 15) is 9.90 Å². The molecule has 0 radical (unpaired) electrons. The van der Waals surface area contributed by atoms with Gasteiger partial charge >= 0.3 is 5.97 Å². The first-order valence-electron chi connectivity index (χ1n) is 5.08. The molecule has 1 heterocycles. The quantitative estimate of drug-likeness (QED) is 0.843. The van der Waals surface area contributed by atoms with Crippen molar-refractivity contribution in [1.29, 1.82) is 0 Å². The number of carboxylic acids is 1. The number of phenolic OH excluding ortho intramolecular Hbond substituents is 1. The van der Waals surface area contributed by atoms with Gasteiger partial charge in [-0.25, -0.2) is 0 Å². The Labute approximate surface area is 97.3 Å². The van der Waals surface area contributed by atoms with E-state index in [1.54, 1.807) is 18.2 Å². The molecule has 1 unspecified atom stereocenters. The maximum atomic E-state index is 10.8. The van der Waals surface area contributed by atoms with Crippen LogP contribution in [-0.2, 0) is 4.79 Å². The summed E-state index contributed by atoms with van der Waals surface area (Å²) in [4.78, 5) is 10.8. The standard InChI is InChI=1S/C12H11NO4/c14-9-3-1-8(2-4-9)10(7-12(15)16)11-5-6-17-13-11/h1-6,10,14H,7H2,(H,15,16). The number of aromatic nitrogens is 1. The van der Waals surface area contributed by atoms with Crippen molar-refractivity contribution in [1.82, 2.24) is 5.16 Å². The number of hydrogen-bond acceptors (Lipinski definition) is 4. The zero-order valence-corrected chi connectivity index (χ0v) is 8.91. The van der Waals surface area contributed by atoms with Crippen LogP contribution in [0.5, 0.6) is 5.75 Å². The van der Waals surface area contributed by atoms with E-state index >= 15 is 0 Å². The first-order valence-corrected chi connectivity index (χ1v) is 5.08. The molecule has 2 rings (SSSR count). The third kappa shape index (κ3) is 2.63. The van der Waals surface area contributed by atoms with Gasteiger partial charge in [0.2, 0.25) is 0 Å². The van der Waals surface area contributed by atoms with E-state index in [0.29, 0.717) is 5.69 Å². The molecule has 1 atom stereocenters. The van der Waals surface area contributed by atoms with Gasteiger partial charge in [0.1, 0.15) is 12.0 Å². The average Bonchev–Trinajstić information content (AvgIpc) is 2.80. The van der Waals surface area contributed by atoms with E-state index < -0.39 is 5.97 Å². The van der Waals surface area contributed by atoms with Crippen LogP contribution in [0.25, 0.3) is 0 Å². The normalized spacial score (nSPS) is 12.2. The lowest BCUT2D eigenvalue weighted by molar-refractivity contribution is -0.137. The summed E-state index contributed by atoms with van der Waals surface area (Å²) in [5, 5.41) is 21.9. The molecule has 0 aliphatic heterocycles. The molecule has 0 aliphatic carbocycles. The second kappa shape index (κ2) is 4.69. The highest BCUT2D eigenvalue weighted by atomic mass is 16.5. The van der Waals surface area contributed by atoms with Crippen molar-refractivity contribution in [2.75, 3.05) is 0 Å². The fraction of sp³-hybridized carbons (Fsp3) is 0.167. The predicted octanol–water partition coefficient (Wildman–Crippen LogP) is 1.99. The molecular weight excluding hydrogens is 222 g/mol. The number of rotatable bonds is 4. The maximum Gasteiger partial charge on any atom is 0.304 e. The number of carbonyl (C=O) groups is 1. The molecule has 0 saturated carbocycles. The summed E-state index contributed by atoms with van der Waals surface area (Å²) in [6.07, 6.45) is 1.34. The predicted molar refractivity (Wildman–Crippen MR) is 58.7 cm³/mol. The summed E-state index contributed by atoms with van der Waals surface area (Å²) in [6.45, 7) is 0. The Hall–Kier alpha value is -2.30. The van der Waals surface area contributed by atoms with E-state index in [1.807, 2.05) is 0 Å². The summed E-state index contributed by atoms with van der Waals surface area (Å²) in [5.74, 6) is -1.14. The fourth-order valence-corrected chi connectivity index (χ4v) is 1.68. The van der Waals surface area contributed by atoms with Crippen molar-refractivity contribution in [3.05, 3.63) is 47.9 Å². The number of phenols is 1. The van der Waals surface area contributed by atoms with Gasteiger partial charge in [-0.05, 0) is 17.7 Å². The topological polar surface area (TPSA) is 83.6 Å². The second-order valence-corrected chi connectivity index (χ2v) is 3.67. The van der Waals surface area contributed by atoms with Gasteiger partial charge in [-0.2, -0.15) is 0 Å². The summed E-state index contributed by atoms with van der Waals surface area (Å²) in [5.41, 5.74) is 1.34. The Morgan fingerprint density at radius 1 is 1.29 bits per heavy atom. The summed E-state index contributed by atoms with van der Waals surface area (Å²) >= 11 is 0. The molecule has 88 valence electrons. The van der Waals surface area contributed by atoms with Gasteiger partial charge < -0.3 is 14.7 Å². The first-order chi connectivity index (χ1) is 8.16. The van der Waals surface area contributed by atoms with Crippen LogP contribution in [0.4, 0.5) is 0 Å². The largest absolute Gasteiger partial charge is 0.508 e. The lowest BCUT2D eigenvalue weighted by atomic mass is 9.92. The SMILES string of the molecule is O=C(O)CC(c1ccc(O)cc1)c1ccon1.